The highest BCUT2D eigenvalue weighted by molar-refractivity contribution is 5.44. The Labute approximate surface area is 370 Å². The van der Waals surface area contributed by atoms with Crippen molar-refractivity contribution in [3.05, 3.63) is 130 Å². The van der Waals surface area contributed by atoms with E-state index in [0.717, 1.165) is 24.2 Å². The first-order valence-corrected chi connectivity index (χ1v) is 25.4. The zero-order valence-corrected chi connectivity index (χ0v) is 38.9. The standard InChI is InChI=1S/C58H88N2/c1-4-7-10-13-16-17-20-21-24-27-50(46-48-30-34-51(35-31-48)57(53-38-42-55(59)43-39-53)28-25-22-18-14-11-8-5-2)47-49-32-36-52(37-33-49)58(54-40-44-56(60)45-41-54)29-26-23-19-15-12-9-6-3/h30-45,50,57-58H,4-29,46-47,59-60H2,1-3H3. The number of nitrogen functional groups attached to an aromatic ring is 2. The number of unbranched alkanes of at least 4 members (excludes halogenated alkanes) is 20. The van der Waals surface area contributed by atoms with Gasteiger partial charge < -0.3 is 11.5 Å². The maximum atomic E-state index is 6.13. The van der Waals surface area contributed by atoms with Gasteiger partial charge in [-0.2, -0.15) is 0 Å². The van der Waals surface area contributed by atoms with Crippen molar-refractivity contribution in [1.29, 1.82) is 0 Å². The molecule has 0 spiro atoms. The van der Waals surface area contributed by atoms with Crippen molar-refractivity contribution in [3.8, 4) is 0 Å². The van der Waals surface area contributed by atoms with E-state index in [0.29, 0.717) is 17.8 Å². The molecule has 0 radical (unpaired) electrons. The minimum absolute atomic E-state index is 0.425. The first kappa shape index (κ1) is 49.1. The van der Waals surface area contributed by atoms with Crippen LogP contribution >= 0.6 is 0 Å². The van der Waals surface area contributed by atoms with E-state index in [9.17, 15) is 0 Å². The van der Waals surface area contributed by atoms with Crippen LogP contribution in [-0.4, -0.2) is 0 Å². The summed E-state index contributed by atoms with van der Waals surface area (Å²) in [7, 11) is 0. The second-order valence-electron chi connectivity index (χ2n) is 18.6. The molecule has 0 aromatic heterocycles. The predicted molar refractivity (Wildman–Crippen MR) is 266 cm³/mol. The third kappa shape index (κ3) is 19.5. The Morgan fingerprint density at radius 1 is 0.300 bits per heavy atom. The SMILES string of the molecule is CCCCCCCCCCCC(Cc1ccc(C(CCCCCCCCC)c2ccc(N)cc2)cc1)Cc1ccc(C(CCCCCCCCC)c2ccc(N)cc2)cc1. The molecular formula is C58H88N2. The van der Waals surface area contributed by atoms with Crippen LogP contribution in [0.5, 0.6) is 0 Å². The molecule has 60 heavy (non-hydrogen) atoms. The molecule has 4 aromatic carbocycles. The minimum Gasteiger partial charge on any atom is -0.399 e. The Hall–Kier alpha value is -3.52. The molecule has 0 aliphatic rings. The quantitative estimate of drug-likeness (QED) is 0.0365. The molecule has 330 valence electrons. The van der Waals surface area contributed by atoms with Crippen LogP contribution in [0.4, 0.5) is 11.4 Å². The molecule has 2 atom stereocenters. The summed E-state index contributed by atoms with van der Waals surface area (Å²) >= 11 is 0. The molecule has 0 saturated carbocycles. The van der Waals surface area contributed by atoms with Crippen LogP contribution in [0.3, 0.4) is 0 Å². The lowest BCUT2D eigenvalue weighted by Crippen LogP contribution is -2.10. The van der Waals surface area contributed by atoms with Crippen molar-refractivity contribution in [2.45, 2.75) is 212 Å². The van der Waals surface area contributed by atoms with Gasteiger partial charge in [-0.15, -0.1) is 0 Å². The summed E-state index contributed by atoms with van der Waals surface area (Å²) in [4.78, 5) is 0. The largest absolute Gasteiger partial charge is 0.399 e. The predicted octanol–water partition coefficient (Wildman–Crippen LogP) is 17.7. The molecule has 4 aromatic rings. The first-order chi connectivity index (χ1) is 29.5. The smallest absolute Gasteiger partial charge is 0.0314 e. The van der Waals surface area contributed by atoms with Gasteiger partial charge in [0.05, 0.1) is 0 Å². The van der Waals surface area contributed by atoms with Crippen molar-refractivity contribution in [3.63, 3.8) is 0 Å². The normalized spacial score (nSPS) is 13.1. The number of nitrogens with two attached hydrogens (primary N) is 2. The Morgan fingerprint density at radius 3 is 0.850 bits per heavy atom. The highest BCUT2D eigenvalue weighted by Crippen LogP contribution is 2.34. The van der Waals surface area contributed by atoms with E-state index in [2.05, 4.69) is 118 Å². The van der Waals surface area contributed by atoms with Crippen molar-refractivity contribution >= 4 is 11.4 Å². The Bertz CT molecular complexity index is 1490. The van der Waals surface area contributed by atoms with E-state index in [4.69, 9.17) is 11.5 Å². The lowest BCUT2D eigenvalue weighted by atomic mass is 9.83. The van der Waals surface area contributed by atoms with E-state index in [-0.39, 0.29) is 0 Å². The minimum atomic E-state index is 0.425. The summed E-state index contributed by atoms with van der Waals surface area (Å²) < 4.78 is 0. The van der Waals surface area contributed by atoms with Crippen molar-refractivity contribution < 1.29 is 0 Å². The van der Waals surface area contributed by atoms with Crippen LogP contribution in [0.1, 0.15) is 233 Å². The van der Waals surface area contributed by atoms with E-state index < -0.39 is 0 Å². The first-order valence-electron chi connectivity index (χ1n) is 25.4. The number of hydrogen-bond donors (Lipinski definition) is 2. The maximum Gasteiger partial charge on any atom is 0.0314 e. The van der Waals surface area contributed by atoms with Crippen molar-refractivity contribution in [2.75, 3.05) is 11.5 Å². The van der Waals surface area contributed by atoms with Crippen LogP contribution in [0, 0.1) is 5.92 Å². The summed E-state index contributed by atoms with van der Waals surface area (Å²) in [5.41, 5.74) is 22.6. The molecule has 0 bridgehead atoms. The van der Waals surface area contributed by atoms with E-state index in [1.54, 1.807) is 0 Å². The zero-order valence-electron chi connectivity index (χ0n) is 38.9. The van der Waals surface area contributed by atoms with Crippen molar-refractivity contribution in [1.82, 2.24) is 0 Å². The number of hydrogen-bond acceptors (Lipinski definition) is 2. The van der Waals surface area contributed by atoms with Gasteiger partial charge in [0.1, 0.15) is 0 Å². The van der Waals surface area contributed by atoms with Crippen LogP contribution in [0.2, 0.25) is 0 Å². The third-order valence-corrected chi connectivity index (χ3v) is 13.4. The van der Waals surface area contributed by atoms with Gasteiger partial charge in [-0.1, -0.05) is 241 Å². The van der Waals surface area contributed by atoms with Crippen LogP contribution in [0.15, 0.2) is 97.1 Å². The average Bonchev–Trinajstić information content (AvgIpc) is 3.26. The Balaban J connectivity index is 1.43. The summed E-state index contributed by atoms with van der Waals surface area (Å²) in [6.45, 7) is 6.92. The van der Waals surface area contributed by atoms with Gasteiger partial charge in [0.25, 0.3) is 0 Å². The van der Waals surface area contributed by atoms with Gasteiger partial charge in [-0.3, -0.25) is 0 Å². The fourth-order valence-electron chi connectivity index (χ4n) is 9.58. The van der Waals surface area contributed by atoms with E-state index in [1.807, 2.05) is 0 Å². The molecule has 2 nitrogen and oxygen atoms in total. The Morgan fingerprint density at radius 2 is 0.550 bits per heavy atom. The molecule has 2 heteroatoms. The molecule has 0 heterocycles. The third-order valence-electron chi connectivity index (χ3n) is 13.4. The van der Waals surface area contributed by atoms with Gasteiger partial charge in [-0.05, 0) is 95.7 Å². The highest BCUT2D eigenvalue weighted by Gasteiger charge is 2.18. The van der Waals surface area contributed by atoms with Crippen LogP contribution in [-0.2, 0) is 12.8 Å². The summed E-state index contributed by atoms with van der Waals surface area (Å²) in [5, 5.41) is 0. The fraction of sp³-hybridized carbons (Fsp3) is 0.586. The average molecular weight is 813 g/mol. The van der Waals surface area contributed by atoms with Gasteiger partial charge in [0.15, 0.2) is 0 Å². The maximum absolute atomic E-state index is 6.13. The second-order valence-corrected chi connectivity index (χ2v) is 18.6. The zero-order chi connectivity index (χ0) is 42.5. The molecule has 2 unspecified atom stereocenters. The monoisotopic (exact) mass is 813 g/mol. The van der Waals surface area contributed by atoms with Crippen molar-refractivity contribution in [2.24, 2.45) is 5.92 Å². The molecule has 0 fully saturated rings. The second kappa shape index (κ2) is 30.5. The highest BCUT2D eigenvalue weighted by atomic mass is 14.5. The lowest BCUT2D eigenvalue weighted by molar-refractivity contribution is 0.444. The van der Waals surface area contributed by atoms with Gasteiger partial charge in [0.2, 0.25) is 0 Å². The van der Waals surface area contributed by atoms with Crippen LogP contribution in [0.25, 0.3) is 0 Å². The fourth-order valence-corrected chi connectivity index (χ4v) is 9.58. The number of anilines is 2. The molecule has 0 amide bonds. The molecule has 4 rings (SSSR count). The summed E-state index contributed by atoms with van der Waals surface area (Å²) in [6, 6.07) is 37.0. The molecule has 4 N–H and O–H groups in total. The van der Waals surface area contributed by atoms with Gasteiger partial charge in [0, 0.05) is 23.2 Å². The number of rotatable bonds is 34. The van der Waals surface area contributed by atoms with Crippen LogP contribution < -0.4 is 11.5 Å². The van der Waals surface area contributed by atoms with E-state index in [1.165, 1.54) is 200 Å². The van der Waals surface area contributed by atoms with Gasteiger partial charge in [-0.25, -0.2) is 0 Å². The lowest BCUT2D eigenvalue weighted by Gasteiger charge is -2.21. The molecule has 0 aliphatic carbocycles. The van der Waals surface area contributed by atoms with E-state index >= 15 is 0 Å². The Kier molecular flexibility index (Phi) is 25.0. The topological polar surface area (TPSA) is 52.0 Å². The van der Waals surface area contributed by atoms with Gasteiger partial charge >= 0.3 is 0 Å². The molecule has 0 aliphatic heterocycles. The molecule has 0 saturated heterocycles. The number of benzene rings is 4. The summed E-state index contributed by atoms with van der Waals surface area (Å²) in [5.74, 6) is 1.50. The summed E-state index contributed by atoms with van der Waals surface area (Å²) in [6.07, 6.45) is 37.3. The molecular weight excluding hydrogens is 725 g/mol.